The van der Waals surface area contributed by atoms with E-state index in [2.05, 4.69) is 23.9 Å². The highest BCUT2D eigenvalue weighted by Gasteiger charge is 2.21. The van der Waals surface area contributed by atoms with Gasteiger partial charge in [-0.1, -0.05) is 0 Å². The van der Waals surface area contributed by atoms with Gasteiger partial charge in [0.2, 0.25) is 0 Å². The number of nitrogens with zero attached hydrogens (tertiary/aromatic N) is 2. The fourth-order valence-electron chi connectivity index (χ4n) is 2.18. The van der Waals surface area contributed by atoms with E-state index in [-0.39, 0.29) is 0 Å². The lowest BCUT2D eigenvalue weighted by Crippen LogP contribution is -2.15. The van der Waals surface area contributed by atoms with Crippen molar-refractivity contribution in [2.45, 2.75) is 25.2 Å². The zero-order valence-electron chi connectivity index (χ0n) is 9.15. The Bertz CT molecular complexity index is 318. The lowest BCUT2D eigenvalue weighted by molar-refractivity contribution is 0.0842. The SMILES string of the molecule is Cn1cc(CCS)c(C2CCOCC2)n1. The molecule has 0 amide bonds. The number of thiol groups is 1. The van der Waals surface area contributed by atoms with Gasteiger partial charge >= 0.3 is 0 Å². The molecule has 0 aliphatic carbocycles. The Morgan fingerprint density at radius 1 is 1.53 bits per heavy atom. The van der Waals surface area contributed by atoms with Gasteiger partial charge in [-0.3, -0.25) is 4.68 Å². The number of rotatable bonds is 3. The first-order valence-corrected chi connectivity index (χ1v) is 6.15. The molecule has 1 aliphatic rings. The van der Waals surface area contributed by atoms with Gasteiger partial charge in [-0.15, -0.1) is 0 Å². The standard InChI is InChI=1S/C11H18N2OS/c1-13-8-10(4-7-15)11(12-13)9-2-5-14-6-3-9/h8-9,15H,2-7H2,1H3. The van der Waals surface area contributed by atoms with Crippen LogP contribution in [0.15, 0.2) is 6.20 Å². The molecule has 0 saturated carbocycles. The molecule has 4 heteroatoms. The molecule has 0 aromatic carbocycles. The molecule has 2 heterocycles. The van der Waals surface area contributed by atoms with E-state index in [1.54, 1.807) is 0 Å². The van der Waals surface area contributed by atoms with Crippen LogP contribution in [-0.2, 0) is 18.2 Å². The maximum absolute atomic E-state index is 5.38. The molecule has 3 nitrogen and oxygen atoms in total. The van der Waals surface area contributed by atoms with Crippen LogP contribution in [-0.4, -0.2) is 28.7 Å². The Balaban J connectivity index is 2.17. The summed E-state index contributed by atoms with van der Waals surface area (Å²) in [5.74, 6) is 1.48. The molecule has 0 spiro atoms. The first kappa shape index (κ1) is 11.0. The van der Waals surface area contributed by atoms with E-state index in [9.17, 15) is 0 Å². The third-order valence-corrected chi connectivity index (χ3v) is 3.15. The molecule has 1 aliphatic heterocycles. The molecular formula is C11H18N2OS. The third kappa shape index (κ3) is 2.55. The van der Waals surface area contributed by atoms with Gasteiger partial charge in [-0.25, -0.2) is 0 Å². The average Bonchev–Trinajstić information content (AvgIpc) is 2.62. The fourth-order valence-corrected chi connectivity index (χ4v) is 2.42. The largest absolute Gasteiger partial charge is 0.381 e. The minimum Gasteiger partial charge on any atom is -0.381 e. The van der Waals surface area contributed by atoms with Crippen molar-refractivity contribution in [2.24, 2.45) is 7.05 Å². The van der Waals surface area contributed by atoms with Gasteiger partial charge in [0.15, 0.2) is 0 Å². The highest BCUT2D eigenvalue weighted by Crippen LogP contribution is 2.28. The summed E-state index contributed by atoms with van der Waals surface area (Å²) < 4.78 is 7.30. The summed E-state index contributed by atoms with van der Waals surface area (Å²) >= 11 is 4.29. The van der Waals surface area contributed by atoms with Crippen molar-refractivity contribution in [3.63, 3.8) is 0 Å². The topological polar surface area (TPSA) is 27.1 Å². The lowest BCUT2D eigenvalue weighted by Gasteiger charge is -2.21. The normalized spacial score (nSPS) is 18.3. The maximum Gasteiger partial charge on any atom is 0.0689 e. The van der Waals surface area contributed by atoms with E-state index in [1.165, 1.54) is 11.3 Å². The lowest BCUT2D eigenvalue weighted by atomic mass is 9.93. The molecule has 0 N–H and O–H groups in total. The van der Waals surface area contributed by atoms with Crippen molar-refractivity contribution < 1.29 is 4.74 Å². The Labute approximate surface area is 96.2 Å². The van der Waals surface area contributed by atoms with Gasteiger partial charge in [0.1, 0.15) is 0 Å². The number of aryl methyl sites for hydroxylation is 2. The van der Waals surface area contributed by atoms with Crippen LogP contribution in [0.4, 0.5) is 0 Å². The van der Waals surface area contributed by atoms with E-state index in [4.69, 9.17) is 4.74 Å². The van der Waals surface area contributed by atoms with E-state index in [0.717, 1.165) is 38.2 Å². The van der Waals surface area contributed by atoms with Crippen LogP contribution in [0.25, 0.3) is 0 Å². The minimum atomic E-state index is 0.592. The van der Waals surface area contributed by atoms with Gasteiger partial charge in [0.05, 0.1) is 5.69 Å². The van der Waals surface area contributed by atoms with Crippen molar-refractivity contribution in [1.82, 2.24) is 9.78 Å². The van der Waals surface area contributed by atoms with Gasteiger partial charge in [0, 0.05) is 32.4 Å². The summed E-state index contributed by atoms with van der Waals surface area (Å²) in [7, 11) is 1.99. The molecule has 84 valence electrons. The second-order valence-corrected chi connectivity index (χ2v) is 4.52. The zero-order valence-corrected chi connectivity index (χ0v) is 10.0. The molecular weight excluding hydrogens is 208 g/mol. The van der Waals surface area contributed by atoms with Gasteiger partial charge < -0.3 is 4.74 Å². The first-order chi connectivity index (χ1) is 7.31. The molecule has 15 heavy (non-hydrogen) atoms. The number of hydrogen-bond acceptors (Lipinski definition) is 3. The minimum absolute atomic E-state index is 0.592. The summed E-state index contributed by atoms with van der Waals surface area (Å²) in [6.07, 6.45) is 5.36. The molecule has 1 aromatic rings. The predicted octanol–water partition coefficient (Wildman–Crippen LogP) is 1.79. The van der Waals surface area contributed by atoms with Crippen molar-refractivity contribution in [2.75, 3.05) is 19.0 Å². The van der Waals surface area contributed by atoms with Gasteiger partial charge in [-0.2, -0.15) is 17.7 Å². The van der Waals surface area contributed by atoms with Crippen LogP contribution in [0.5, 0.6) is 0 Å². The molecule has 0 radical (unpaired) electrons. The van der Waals surface area contributed by atoms with Crippen LogP contribution in [0.1, 0.15) is 30.0 Å². The third-order valence-electron chi connectivity index (χ3n) is 2.93. The highest BCUT2D eigenvalue weighted by atomic mass is 32.1. The second kappa shape index (κ2) is 5.03. The molecule has 0 atom stereocenters. The molecule has 1 fully saturated rings. The Hall–Kier alpha value is -0.480. The molecule has 1 saturated heterocycles. The first-order valence-electron chi connectivity index (χ1n) is 5.52. The summed E-state index contributed by atoms with van der Waals surface area (Å²) in [5, 5.41) is 4.58. The van der Waals surface area contributed by atoms with Gasteiger partial charge in [0.25, 0.3) is 0 Å². The number of hydrogen-bond donors (Lipinski definition) is 1. The number of ether oxygens (including phenoxy) is 1. The van der Waals surface area contributed by atoms with E-state index in [1.807, 2.05) is 11.7 Å². The van der Waals surface area contributed by atoms with Crippen molar-refractivity contribution in [3.8, 4) is 0 Å². The average molecular weight is 226 g/mol. The quantitative estimate of drug-likeness (QED) is 0.796. The molecule has 2 rings (SSSR count). The summed E-state index contributed by atoms with van der Waals surface area (Å²) in [6, 6.07) is 0. The Kier molecular flexibility index (Phi) is 3.70. The zero-order chi connectivity index (χ0) is 10.7. The van der Waals surface area contributed by atoms with Gasteiger partial charge in [-0.05, 0) is 30.6 Å². The summed E-state index contributed by atoms with van der Waals surface area (Å²) in [5.41, 5.74) is 2.63. The molecule has 1 aromatic heterocycles. The maximum atomic E-state index is 5.38. The van der Waals surface area contributed by atoms with Crippen molar-refractivity contribution in [3.05, 3.63) is 17.5 Å². The van der Waals surface area contributed by atoms with E-state index < -0.39 is 0 Å². The van der Waals surface area contributed by atoms with Crippen molar-refractivity contribution in [1.29, 1.82) is 0 Å². The van der Waals surface area contributed by atoms with Crippen LogP contribution in [0.3, 0.4) is 0 Å². The fraction of sp³-hybridized carbons (Fsp3) is 0.727. The van der Waals surface area contributed by atoms with E-state index >= 15 is 0 Å². The highest BCUT2D eigenvalue weighted by molar-refractivity contribution is 7.80. The summed E-state index contributed by atoms with van der Waals surface area (Å²) in [4.78, 5) is 0. The smallest absolute Gasteiger partial charge is 0.0689 e. The molecule has 0 unspecified atom stereocenters. The monoisotopic (exact) mass is 226 g/mol. The predicted molar refractivity (Wildman–Crippen MR) is 63.6 cm³/mol. The van der Waals surface area contributed by atoms with Crippen LogP contribution < -0.4 is 0 Å². The second-order valence-electron chi connectivity index (χ2n) is 4.07. The Morgan fingerprint density at radius 3 is 2.93 bits per heavy atom. The van der Waals surface area contributed by atoms with Crippen LogP contribution >= 0.6 is 12.6 Å². The van der Waals surface area contributed by atoms with Crippen molar-refractivity contribution >= 4 is 12.6 Å². The molecule has 0 bridgehead atoms. The number of aromatic nitrogens is 2. The van der Waals surface area contributed by atoms with Crippen LogP contribution in [0.2, 0.25) is 0 Å². The van der Waals surface area contributed by atoms with E-state index in [0.29, 0.717) is 5.92 Å². The Morgan fingerprint density at radius 2 is 2.27 bits per heavy atom. The summed E-state index contributed by atoms with van der Waals surface area (Å²) in [6.45, 7) is 1.75. The van der Waals surface area contributed by atoms with Crippen LogP contribution in [0, 0.1) is 0 Å².